The summed E-state index contributed by atoms with van der Waals surface area (Å²) < 4.78 is 11.0. The van der Waals surface area contributed by atoms with Gasteiger partial charge in [-0.25, -0.2) is 0 Å². The molecular weight excluding hydrogens is 262 g/mol. The largest absolute Gasteiger partial charge is 0.493 e. The third kappa shape index (κ3) is 3.32. The normalized spacial score (nSPS) is 10.3. The van der Waals surface area contributed by atoms with Gasteiger partial charge in [-0.05, 0) is 30.7 Å². The van der Waals surface area contributed by atoms with E-state index in [2.05, 4.69) is 0 Å². The zero-order valence-corrected chi connectivity index (χ0v) is 11.7. The van der Waals surface area contributed by atoms with Gasteiger partial charge in [0.05, 0.1) is 7.11 Å². The number of aryl methyl sites for hydroxylation is 1. The SMILES string of the molecule is COc1cc(N)ccc1OCc1ccc(C)cc1Cl. The molecule has 2 N–H and O–H groups in total. The van der Waals surface area contributed by atoms with Crippen LogP contribution in [0.15, 0.2) is 36.4 Å². The van der Waals surface area contributed by atoms with Crippen molar-refractivity contribution in [2.24, 2.45) is 0 Å². The molecule has 0 aliphatic rings. The van der Waals surface area contributed by atoms with Crippen molar-refractivity contribution in [2.45, 2.75) is 13.5 Å². The lowest BCUT2D eigenvalue weighted by Crippen LogP contribution is -1.99. The van der Waals surface area contributed by atoms with Crippen molar-refractivity contribution < 1.29 is 9.47 Å². The Bertz CT molecular complexity index is 584. The molecule has 19 heavy (non-hydrogen) atoms. The predicted molar refractivity (Wildman–Crippen MR) is 77.9 cm³/mol. The molecule has 2 aromatic rings. The molecule has 0 aromatic heterocycles. The van der Waals surface area contributed by atoms with Gasteiger partial charge in [-0.3, -0.25) is 0 Å². The summed E-state index contributed by atoms with van der Waals surface area (Å²) in [4.78, 5) is 0. The van der Waals surface area contributed by atoms with Crippen molar-refractivity contribution in [2.75, 3.05) is 12.8 Å². The quantitative estimate of drug-likeness (QED) is 0.864. The maximum Gasteiger partial charge on any atom is 0.162 e. The number of nitrogens with two attached hydrogens (primary N) is 1. The van der Waals surface area contributed by atoms with E-state index in [0.29, 0.717) is 28.8 Å². The van der Waals surface area contributed by atoms with Crippen LogP contribution in [0.3, 0.4) is 0 Å². The summed E-state index contributed by atoms with van der Waals surface area (Å²) in [6.07, 6.45) is 0. The molecule has 0 spiro atoms. The maximum absolute atomic E-state index is 6.16. The minimum Gasteiger partial charge on any atom is -0.493 e. The van der Waals surface area contributed by atoms with E-state index in [9.17, 15) is 0 Å². The van der Waals surface area contributed by atoms with E-state index < -0.39 is 0 Å². The van der Waals surface area contributed by atoms with Crippen LogP contribution in [0.2, 0.25) is 5.02 Å². The van der Waals surface area contributed by atoms with Crippen molar-refractivity contribution >= 4 is 17.3 Å². The van der Waals surface area contributed by atoms with Gasteiger partial charge in [0.15, 0.2) is 11.5 Å². The fourth-order valence-corrected chi connectivity index (χ4v) is 2.02. The standard InChI is InChI=1S/C15H16ClNO2/c1-10-3-4-11(13(16)7-10)9-19-14-6-5-12(17)8-15(14)18-2/h3-8H,9,17H2,1-2H3. The lowest BCUT2D eigenvalue weighted by molar-refractivity contribution is 0.284. The number of nitrogen functional groups attached to an aromatic ring is 1. The zero-order chi connectivity index (χ0) is 13.8. The van der Waals surface area contributed by atoms with E-state index >= 15 is 0 Å². The van der Waals surface area contributed by atoms with Gasteiger partial charge in [0.1, 0.15) is 6.61 Å². The first-order chi connectivity index (χ1) is 9.10. The smallest absolute Gasteiger partial charge is 0.162 e. The zero-order valence-electron chi connectivity index (χ0n) is 10.9. The average Bonchev–Trinajstić information content (AvgIpc) is 2.39. The monoisotopic (exact) mass is 277 g/mol. The molecule has 0 unspecified atom stereocenters. The highest BCUT2D eigenvalue weighted by Crippen LogP contribution is 2.30. The number of methoxy groups -OCH3 is 1. The van der Waals surface area contributed by atoms with Gasteiger partial charge in [0, 0.05) is 22.3 Å². The van der Waals surface area contributed by atoms with Crippen LogP contribution in [0.4, 0.5) is 5.69 Å². The topological polar surface area (TPSA) is 44.5 Å². The highest BCUT2D eigenvalue weighted by molar-refractivity contribution is 6.31. The van der Waals surface area contributed by atoms with Gasteiger partial charge in [-0.2, -0.15) is 0 Å². The van der Waals surface area contributed by atoms with E-state index in [1.807, 2.05) is 25.1 Å². The maximum atomic E-state index is 6.16. The highest BCUT2D eigenvalue weighted by atomic mass is 35.5. The number of hydrogen-bond donors (Lipinski definition) is 1. The number of hydrogen-bond acceptors (Lipinski definition) is 3. The first-order valence-electron chi connectivity index (χ1n) is 5.91. The van der Waals surface area contributed by atoms with Crippen LogP contribution in [0.25, 0.3) is 0 Å². The molecule has 0 heterocycles. The Morgan fingerprint density at radius 3 is 2.58 bits per heavy atom. The van der Waals surface area contributed by atoms with E-state index in [-0.39, 0.29) is 0 Å². The molecule has 0 aliphatic heterocycles. The van der Waals surface area contributed by atoms with Crippen molar-refractivity contribution in [1.29, 1.82) is 0 Å². The van der Waals surface area contributed by atoms with Crippen LogP contribution < -0.4 is 15.2 Å². The lowest BCUT2D eigenvalue weighted by atomic mass is 10.1. The number of ether oxygens (including phenoxy) is 2. The molecule has 0 saturated heterocycles. The van der Waals surface area contributed by atoms with Crippen molar-refractivity contribution in [3.8, 4) is 11.5 Å². The van der Waals surface area contributed by atoms with E-state index in [1.54, 1.807) is 25.3 Å². The summed E-state index contributed by atoms with van der Waals surface area (Å²) in [5.74, 6) is 1.26. The van der Waals surface area contributed by atoms with E-state index in [1.165, 1.54) is 0 Å². The Balaban J connectivity index is 2.14. The minimum atomic E-state index is 0.388. The minimum absolute atomic E-state index is 0.388. The number of halogens is 1. The summed E-state index contributed by atoms with van der Waals surface area (Å²) in [5, 5.41) is 0.703. The molecule has 2 rings (SSSR count). The molecule has 0 bridgehead atoms. The Morgan fingerprint density at radius 1 is 1.11 bits per heavy atom. The third-order valence-electron chi connectivity index (χ3n) is 2.78. The second-order valence-electron chi connectivity index (χ2n) is 4.29. The molecule has 100 valence electrons. The van der Waals surface area contributed by atoms with Crippen molar-refractivity contribution in [3.63, 3.8) is 0 Å². The summed E-state index contributed by atoms with van der Waals surface area (Å²) in [5.41, 5.74) is 8.39. The molecule has 0 saturated carbocycles. The van der Waals surface area contributed by atoms with Gasteiger partial charge >= 0.3 is 0 Å². The number of anilines is 1. The molecular formula is C15H16ClNO2. The number of rotatable bonds is 4. The lowest BCUT2D eigenvalue weighted by Gasteiger charge is -2.12. The molecule has 0 radical (unpaired) electrons. The predicted octanol–water partition coefficient (Wildman–Crippen LogP) is 3.82. The fourth-order valence-electron chi connectivity index (χ4n) is 1.73. The summed E-state index contributed by atoms with van der Waals surface area (Å²) in [6.45, 7) is 2.39. The second-order valence-corrected chi connectivity index (χ2v) is 4.70. The Kier molecular flexibility index (Phi) is 4.17. The van der Waals surface area contributed by atoms with Crippen LogP contribution >= 0.6 is 11.6 Å². The molecule has 2 aromatic carbocycles. The molecule has 3 nitrogen and oxygen atoms in total. The summed E-state index contributed by atoms with van der Waals surface area (Å²) >= 11 is 6.16. The average molecular weight is 278 g/mol. The second kappa shape index (κ2) is 5.85. The molecule has 4 heteroatoms. The first-order valence-corrected chi connectivity index (χ1v) is 6.29. The van der Waals surface area contributed by atoms with Crippen LogP contribution in [-0.4, -0.2) is 7.11 Å². The van der Waals surface area contributed by atoms with E-state index in [4.69, 9.17) is 26.8 Å². The molecule has 0 fully saturated rings. The number of benzene rings is 2. The van der Waals surface area contributed by atoms with Gasteiger partial charge in [0.25, 0.3) is 0 Å². The first kappa shape index (κ1) is 13.6. The van der Waals surface area contributed by atoms with Crippen LogP contribution in [-0.2, 0) is 6.61 Å². The van der Waals surface area contributed by atoms with Gasteiger partial charge in [-0.15, -0.1) is 0 Å². The van der Waals surface area contributed by atoms with Crippen molar-refractivity contribution in [3.05, 3.63) is 52.5 Å². The third-order valence-corrected chi connectivity index (χ3v) is 3.13. The Morgan fingerprint density at radius 2 is 1.89 bits per heavy atom. The molecule has 0 amide bonds. The van der Waals surface area contributed by atoms with Crippen LogP contribution in [0.5, 0.6) is 11.5 Å². The highest BCUT2D eigenvalue weighted by Gasteiger charge is 2.06. The fraction of sp³-hybridized carbons (Fsp3) is 0.200. The van der Waals surface area contributed by atoms with Crippen molar-refractivity contribution in [1.82, 2.24) is 0 Å². The van der Waals surface area contributed by atoms with Gasteiger partial charge in [-0.1, -0.05) is 23.7 Å². The summed E-state index contributed by atoms with van der Waals surface area (Å²) in [6, 6.07) is 11.2. The van der Waals surface area contributed by atoms with Gasteiger partial charge < -0.3 is 15.2 Å². The van der Waals surface area contributed by atoms with Gasteiger partial charge in [0.2, 0.25) is 0 Å². The molecule has 0 atom stereocenters. The van der Waals surface area contributed by atoms with Crippen LogP contribution in [0, 0.1) is 6.92 Å². The van der Waals surface area contributed by atoms with E-state index in [0.717, 1.165) is 11.1 Å². The Labute approximate surface area is 117 Å². The molecule has 0 aliphatic carbocycles. The van der Waals surface area contributed by atoms with Crippen LogP contribution in [0.1, 0.15) is 11.1 Å². The summed E-state index contributed by atoms with van der Waals surface area (Å²) in [7, 11) is 1.58. The Hall–Kier alpha value is -1.87.